The Morgan fingerprint density at radius 1 is 1.44 bits per heavy atom. The van der Waals surface area contributed by atoms with Crippen molar-refractivity contribution in [1.29, 1.82) is 0 Å². The van der Waals surface area contributed by atoms with E-state index in [9.17, 15) is 0 Å². The van der Waals surface area contributed by atoms with Gasteiger partial charge in [0.25, 0.3) is 0 Å². The van der Waals surface area contributed by atoms with Crippen LogP contribution in [0.1, 0.15) is 31.0 Å². The number of hydrogen-bond donors (Lipinski definition) is 0. The van der Waals surface area contributed by atoms with Gasteiger partial charge in [0.05, 0.1) is 5.69 Å². The van der Waals surface area contributed by atoms with Crippen LogP contribution < -0.4 is 0 Å². The van der Waals surface area contributed by atoms with E-state index in [0.29, 0.717) is 17.2 Å². The molecule has 4 heteroatoms. The van der Waals surface area contributed by atoms with Gasteiger partial charge < -0.3 is 0 Å². The van der Waals surface area contributed by atoms with E-state index < -0.39 is 0 Å². The second-order valence-corrected chi connectivity index (χ2v) is 5.81. The molecule has 3 unspecified atom stereocenters. The van der Waals surface area contributed by atoms with Crippen LogP contribution in [0, 0.1) is 18.8 Å². The Morgan fingerprint density at radius 2 is 2.12 bits per heavy atom. The molecule has 1 aliphatic carbocycles. The van der Waals surface area contributed by atoms with Gasteiger partial charge in [-0.05, 0) is 38.0 Å². The number of halogens is 2. The fourth-order valence-electron chi connectivity index (χ4n) is 2.65. The first-order valence-electron chi connectivity index (χ1n) is 5.82. The normalized spacial score (nSPS) is 29.9. The Bertz CT molecular complexity index is 387. The first-order chi connectivity index (χ1) is 7.50. The summed E-state index contributed by atoms with van der Waals surface area (Å²) < 4.78 is 1.75. The Hall–Kier alpha value is -0.210. The van der Waals surface area contributed by atoms with Crippen LogP contribution in [0.2, 0.25) is 5.15 Å². The molecule has 16 heavy (non-hydrogen) atoms. The van der Waals surface area contributed by atoms with Gasteiger partial charge in [-0.3, -0.25) is 4.68 Å². The summed E-state index contributed by atoms with van der Waals surface area (Å²) in [5.41, 5.74) is 2.25. The summed E-state index contributed by atoms with van der Waals surface area (Å²) in [5.74, 6) is 1.24. The summed E-state index contributed by atoms with van der Waals surface area (Å²) >= 11 is 12.5. The van der Waals surface area contributed by atoms with E-state index in [-0.39, 0.29) is 0 Å². The molecule has 1 aromatic heterocycles. The third-order valence-electron chi connectivity index (χ3n) is 3.86. The molecule has 3 atom stereocenters. The Morgan fingerprint density at radius 3 is 2.56 bits per heavy atom. The molecule has 1 saturated carbocycles. The molecule has 0 spiro atoms. The van der Waals surface area contributed by atoms with Crippen LogP contribution >= 0.6 is 23.2 Å². The third kappa shape index (κ3) is 2.10. The van der Waals surface area contributed by atoms with Gasteiger partial charge in [0.15, 0.2) is 0 Å². The Labute approximate surface area is 107 Å². The first kappa shape index (κ1) is 12.3. The number of aryl methyl sites for hydroxylation is 2. The third-order valence-corrected chi connectivity index (χ3v) is 4.95. The topological polar surface area (TPSA) is 17.8 Å². The lowest BCUT2D eigenvalue weighted by atomic mass is 9.91. The zero-order valence-electron chi connectivity index (χ0n) is 10.0. The van der Waals surface area contributed by atoms with E-state index in [1.54, 1.807) is 4.68 Å². The predicted octanol–water partition coefficient (Wildman–Crippen LogP) is 3.58. The number of alkyl halides is 1. The molecule has 0 radical (unpaired) electrons. The van der Waals surface area contributed by atoms with Gasteiger partial charge in [-0.15, -0.1) is 11.6 Å². The molecular weight excluding hydrogens is 243 g/mol. The molecule has 0 aliphatic heterocycles. The van der Waals surface area contributed by atoms with E-state index in [1.165, 1.54) is 12.0 Å². The maximum absolute atomic E-state index is 6.25. The van der Waals surface area contributed by atoms with Crippen LogP contribution in [0.5, 0.6) is 0 Å². The van der Waals surface area contributed by atoms with Gasteiger partial charge in [0, 0.05) is 18.0 Å². The van der Waals surface area contributed by atoms with Crippen LogP contribution in [-0.4, -0.2) is 15.2 Å². The lowest BCUT2D eigenvalue weighted by Gasteiger charge is -2.16. The zero-order chi connectivity index (χ0) is 11.9. The van der Waals surface area contributed by atoms with Gasteiger partial charge in [0.2, 0.25) is 0 Å². The minimum atomic E-state index is 0.334. The summed E-state index contributed by atoms with van der Waals surface area (Å²) in [5, 5.41) is 5.46. The van der Waals surface area contributed by atoms with Crippen LogP contribution in [0.15, 0.2) is 0 Å². The van der Waals surface area contributed by atoms with Crippen LogP contribution in [0.4, 0.5) is 0 Å². The lowest BCUT2D eigenvalue weighted by Crippen LogP contribution is -2.13. The zero-order valence-corrected chi connectivity index (χ0v) is 11.5. The highest BCUT2D eigenvalue weighted by molar-refractivity contribution is 6.30. The molecule has 0 aromatic carbocycles. The highest BCUT2D eigenvalue weighted by Gasteiger charge is 2.32. The molecule has 0 amide bonds. The second-order valence-electron chi connectivity index (χ2n) is 4.90. The van der Waals surface area contributed by atoms with Crippen molar-refractivity contribution in [2.45, 2.75) is 38.5 Å². The number of rotatable bonds is 2. The van der Waals surface area contributed by atoms with E-state index in [1.807, 2.05) is 14.0 Å². The molecule has 0 N–H and O–H groups in total. The van der Waals surface area contributed by atoms with Crippen molar-refractivity contribution in [2.24, 2.45) is 18.9 Å². The van der Waals surface area contributed by atoms with Crippen molar-refractivity contribution in [1.82, 2.24) is 9.78 Å². The van der Waals surface area contributed by atoms with Crippen molar-refractivity contribution in [3.8, 4) is 0 Å². The maximum atomic E-state index is 6.25. The van der Waals surface area contributed by atoms with Crippen molar-refractivity contribution in [2.75, 3.05) is 0 Å². The van der Waals surface area contributed by atoms with Crippen LogP contribution in [-0.2, 0) is 13.5 Å². The molecule has 2 nitrogen and oxygen atoms in total. The molecule has 0 saturated heterocycles. The van der Waals surface area contributed by atoms with E-state index in [0.717, 1.165) is 23.7 Å². The van der Waals surface area contributed by atoms with Crippen molar-refractivity contribution >= 4 is 23.2 Å². The minimum absolute atomic E-state index is 0.334. The summed E-state index contributed by atoms with van der Waals surface area (Å²) in [6.07, 6.45) is 3.35. The largest absolute Gasteiger partial charge is 0.257 e. The maximum Gasteiger partial charge on any atom is 0.130 e. The van der Waals surface area contributed by atoms with Crippen LogP contribution in [0.25, 0.3) is 0 Å². The summed E-state index contributed by atoms with van der Waals surface area (Å²) in [7, 11) is 1.89. The van der Waals surface area contributed by atoms with E-state index in [2.05, 4.69) is 12.0 Å². The summed E-state index contributed by atoms with van der Waals surface area (Å²) in [6, 6.07) is 0. The average Bonchev–Trinajstić information content (AvgIpc) is 2.66. The summed E-state index contributed by atoms with van der Waals surface area (Å²) in [6.45, 7) is 4.27. The highest BCUT2D eigenvalue weighted by Crippen LogP contribution is 2.38. The minimum Gasteiger partial charge on any atom is -0.257 e. The number of aromatic nitrogens is 2. The Kier molecular flexibility index (Phi) is 3.50. The standard InChI is InChI=1S/C12H18Cl2N2/c1-7-9(4-5-11(7)13)6-10-8(2)15-16(3)12(10)14/h7,9,11H,4-6H2,1-3H3. The average molecular weight is 261 g/mol. The smallest absolute Gasteiger partial charge is 0.130 e. The molecule has 2 rings (SSSR count). The lowest BCUT2D eigenvalue weighted by molar-refractivity contribution is 0.419. The van der Waals surface area contributed by atoms with E-state index >= 15 is 0 Å². The predicted molar refractivity (Wildman–Crippen MR) is 68.2 cm³/mol. The SMILES string of the molecule is Cc1nn(C)c(Cl)c1CC1CCC(Cl)C1C. The van der Waals surface area contributed by atoms with Crippen molar-refractivity contribution in [3.63, 3.8) is 0 Å². The molecule has 1 fully saturated rings. The number of hydrogen-bond acceptors (Lipinski definition) is 1. The molecule has 1 aromatic rings. The van der Waals surface area contributed by atoms with Gasteiger partial charge in [0.1, 0.15) is 5.15 Å². The van der Waals surface area contributed by atoms with Crippen molar-refractivity contribution in [3.05, 3.63) is 16.4 Å². The highest BCUT2D eigenvalue weighted by atomic mass is 35.5. The number of nitrogens with zero attached hydrogens (tertiary/aromatic N) is 2. The molecule has 90 valence electrons. The van der Waals surface area contributed by atoms with E-state index in [4.69, 9.17) is 23.2 Å². The molecular formula is C12H18Cl2N2. The van der Waals surface area contributed by atoms with Crippen LogP contribution in [0.3, 0.4) is 0 Å². The quantitative estimate of drug-likeness (QED) is 0.744. The summed E-state index contributed by atoms with van der Waals surface area (Å²) in [4.78, 5) is 0. The van der Waals surface area contributed by atoms with Gasteiger partial charge in [-0.1, -0.05) is 18.5 Å². The second kappa shape index (κ2) is 4.58. The van der Waals surface area contributed by atoms with Gasteiger partial charge in [-0.25, -0.2) is 0 Å². The molecule has 1 heterocycles. The van der Waals surface area contributed by atoms with Crippen molar-refractivity contribution < 1.29 is 0 Å². The monoisotopic (exact) mass is 260 g/mol. The molecule has 0 bridgehead atoms. The van der Waals surface area contributed by atoms with Gasteiger partial charge in [-0.2, -0.15) is 5.10 Å². The fraction of sp³-hybridized carbons (Fsp3) is 0.750. The van der Waals surface area contributed by atoms with Gasteiger partial charge >= 0.3 is 0 Å². The Balaban J connectivity index is 2.15. The fourth-order valence-corrected chi connectivity index (χ4v) is 3.23. The molecule has 1 aliphatic rings. The first-order valence-corrected chi connectivity index (χ1v) is 6.64.